The minimum absolute atomic E-state index is 0.248. The molecule has 0 bridgehead atoms. The molecule has 11 rings (SSSR count). The maximum absolute atomic E-state index is 2.49. The van der Waals surface area contributed by atoms with Crippen molar-refractivity contribution in [2.24, 2.45) is 0 Å². The molecule has 1 unspecified atom stereocenters. The van der Waals surface area contributed by atoms with Gasteiger partial charge in [-0.1, -0.05) is 140 Å². The summed E-state index contributed by atoms with van der Waals surface area (Å²) < 4.78 is 5.14. The number of allylic oxidation sites excluding steroid dienone is 3. The summed E-state index contributed by atoms with van der Waals surface area (Å²) in [7, 11) is 0. The lowest BCUT2D eigenvalue weighted by Crippen LogP contribution is -2.18. The molecule has 0 aliphatic heterocycles. The number of hydrogen-bond donors (Lipinski definition) is 0. The highest BCUT2D eigenvalue weighted by Crippen LogP contribution is 2.43. The largest absolute Gasteiger partial charge is 0.311 e. The molecule has 1 aliphatic carbocycles. The monoisotopic (exact) mass is 720 g/mol. The first-order valence-corrected chi connectivity index (χ1v) is 19.9. The quantitative estimate of drug-likeness (QED) is 0.166. The molecule has 3 heteroatoms. The standard InChI is InChI=1S/C52H36N2S/c1-2-12-35(13-3-1)36-24-27-39(28-25-36)53(42-16-10-15-38(34-42)43-20-11-23-50-51(43)47-19-7-9-22-49(47)55-50)40-29-31-41(32-30-40)54-48-21-8-6-18-45(48)46-33-26-37-14-4-5-17-44(37)52(46)54/h1-14,16-34,38H,15H2. The lowest BCUT2D eigenvalue weighted by atomic mass is 9.88. The van der Waals surface area contributed by atoms with Crippen molar-refractivity contribution in [1.82, 2.24) is 4.57 Å². The predicted molar refractivity (Wildman–Crippen MR) is 236 cm³/mol. The number of hydrogen-bond acceptors (Lipinski definition) is 2. The minimum Gasteiger partial charge on any atom is -0.311 e. The number of anilines is 2. The topological polar surface area (TPSA) is 8.17 Å². The van der Waals surface area contributed by atoms with Gasteiger partial charge < -0.3 is 9.47 Å². The summed E-state index contributed by atoms with van der Waals surface area (Å²) in [5.41, 5.74) is 10.9. The molecule has 2 aromatic heterocycles. The summed E-state index contributed by atoms with van der Waals surface area (Å²) in [5, 5.41) is 7.79. The van der Waals surface area contributed by atoms with E-state index >= 15 is 0 Å². The Morgan fingerprint density at radius 2 is 1.18 bits per heavy atom. The van der Waals surface area contributed by atoms with E-state index in [0.29, 0.717) is 0 Å². The molecule has 260 valence electrons. The molecule has 0 saturated carbocycles. The Hall–Kier alpha value is -6.68. The second-order valence-corrected chi connectivity index (χ2v) is 15.5. The zero-order valence-corrected chi connectivity index (χ0v) is 31.0. The third-order valence-corrected chi connectivity index (χ3v) is 12.4. The van der Waals surface area contributed by atoms with E-state index in [-0.39, 0.29) is 5.92 Å². The second-order valence-electron chi connectivity index (χ2n) is 14.5. The fourth-order valence-corrected chi connectivity index (χ4v) is 9.91. The van der Waals surface area contributed by atoms with E-state index in [0.717, 1.165) is 23.5 Å². The summed E-state index contributed by atoms with van der Waals surface area (Å²) in [6.45, 7) is 0. The van der Waals surface area contributed by atoms with E-state index in [4.69, 9.17) is 0 Å². The van der Waals surface area contributed by atoms with Crippen LogP contribution in [0.25, 0.3) is 69.6 Å². The lowest BCUT2D eigenvalue weighted by molar-refractivity contribution is 0.846. The number of aromatic nitrogens is 1. The third kappa shape index (κ3) is 5.31. The van der Waals surface area contributed by atoms with E-state index in [2.05, 4.69) is 210 Å². The molecule has 0 N–H and O–H groups in total. The molecule has 1 atom stereocenters. The maximum atomic E-state index is 2.49. The number of thiophene rings is 1. The van der Waals surface area contributed by atoms with E-state index in [1.165, 1.54) is 75.1 Å². The molecule has 1 aliphatic rings. The van der Waals surface area contributed by atoms with Gasteiger partial charge in [0.1, 0.15) is 0 Å². The van der Waals surface area contributed by atoms with Crippen molar-refractivity contribution < 1.29 is 0 Å². The highest BCUT2D eigenvalue weighted by molar-refractivity contribution is 7.25. The minimum atomic E-state index is 0.248. The van der Waals surface area contributed by atoms with E-state index < -0.39 is 0 Å². The van der Waals surface area contributed by atoms with Crippen LogP contribution in [-0.2, 0) is 0 Å². The number of fused-ring (bicyclic) bond motifs is 8. The van der Waals surface area contributed by atoms with Crippen LogP contribution in [0.15, 0.2) is 206 Å². The van der Waals surface area contributed by atoms with Gasteiger partial charge in [-0.05, 0) is 89.2 Å². The van der Waals surface area contributed by atoms with Crippen molar-refractivity contribution in [3.8, 4) is 16.8 Å². The molecule has 0 spiro atoms. The second kappa shape index (κ2) is 13.0. The van der Waals surface area contributed by atoms with Crippen LogP contribution in [0, 0.1) is 0 Å². The van der Waals surface area contributed by atoms with Crippen LogP contribution in [0.5, 0.6) is 0 Å². The summed E-state index contributed by atoms with van der Waals surface area (Å²) in [6.07, 6.45) is 8.12. The van der Waals surface area contributed by atoms with Gasteiger partial charge in [-0.3, -0.25) is 0 Å². The van der Waals surface area contributed by atoms with Crippen molar-refractivity contribution in [2.75, 3.05) is 4.90 Å². The highest BCUT2D eigenvalue weighted by Gasteiger charge is 2.22. The highest BCUT2D eigenvalue weighted by atomic mass is 32.1. The number of nitrogens with zero attached hydrogens (tertiary/aromatic N) is 2. The van der Waals surface area contributed by atoms with Crippen LogP contribution in [-0.4, -0.2) is 4.57 Å². The molecule has 2 nitrogen and oxygen atoms in total. The SMILES string of the molecule is C1=CC(N(c2ccc(-c3ccccc3)cc2)c2ccc(-n3c4ccccc4c4ccc5ccccc5c43)cc2)=CC(c2cccc3sc4ccccc4c23)C1. The normalized spacial score (nSPS) is 14.3. The fraction of sp³-hybridized carbons (Fsp3) is 0.0385. The first kappa shape index (κ1) is 31.8. The van der Waals surface area contributed by atoms with Crippen molar-refractivity contribution in [3.05, 3.63) is 211 Å². The number of para-hydroxylation sites is 1. The Morgan fingerprint density at radius 3 is 2.02 bits per heavy atom. The molecule has 2 heterocycles. The van der Waals surface area contributed by atoms with Crippen molar-refractivity contribution in [3.63, 3.8) is 0 Å². The van der Waals surface area contributed by atoms with Gasteiger partial charge in [-0.25, -0.2) is 0 Å². The summed E-state index contributed by atoms with van der Waals surface area (Å²) in [5.74, 6) is 0.248. The van der Waals surface area contributed by atoms with Gasteiger partial charge in [-0.2, -0.15) is 0 Å². The third-order valence-electron chi connectivity index (χ3n) is 11.3. The Bertz CT molecular complexity index is 3110. The van der Waals surface area contributed by atoms with Crippen LogP contribution in [0.3, 0.4) is 0 Å². The first-order chi connectivity index (χ1) is 27.3. The average Bonchev–Trinajstić information content (AvgIpc) is 3.81. The Labute approximate surface area is 324 Å². The van der Waals surface area contributed by atoms with Gasteiger partial charge >= 0.3 is 0 Å². The predicted octanol–water partition coefficient (Wildman–Crippen LogP) is 14.7. The summed E-state index contributed by atoms with van der Waals surface area (Å²) >= 11 is 1.89. The van der Waals surface area contributed by atoms with Gasteiger partial charge in [-0.15, -0.1) is 11.3 Å². The van der Waals surface area contributed by atoms with Crippen LogP contribution >= 0.6 is 11.3 Å². The van der Waals surface area contributed by atoms with Crippen LogP contribution in [0.2, 0.25) is 0 Å². The zero-order valence-electron chi connectivity index (χ0n) is 30.1. The lowest BCUT2D eigenvalue weighted by Gasteiger charge is -2.30. The zero-order chi connectivity index (χ0) is 36.3. The molecule has 55 heavy (non-hydrogen) atoms. The molecule has 0 amide bonds. The average molecular weight is 721 g/mol. The number of rotatable bonds is 6. The Morgan fingerprint density at radius 1 is 0.509 bits per heavy atom. The number of benzene rings is 8. The van der Waals surface area contributed by atoms with Gasteiger partial charge in [0.15, 0.2) is 0 Å². The molecule has 10 aromatic rings. The fourth-order valence-electron chi connectivity index (χ4n) is 8.77. The van der Waals surface area contributed by atoms with Crippen LogP contribution < -0.4 is 4.90 Å². The van der Waals surface area contributed by atoms with Gasteiger partial charge in [0, 0.05) is 65.0 Å². The first-order valence-electron chi connectivity index (χ1n) is 19.0. The van der Waals surface area contributed by atoms with Crippen LogP contribution in [0.1, 0.15) is 17.9 Å². The van der Waals surface area contributed by atoms with Gasteiger partial charge in [0.05, 0.1) is 11.0 Å². The Balaban J connectivity index is 1.06. The molecular weight excluding hydrogens is 685 g/mol. The molecule has 8 aromatic carbocycles. The Kier molecular flexibility index (Phi) is 7.53. The smallest absolute Gasteiger partial charge is 0.0619 e. The van der Waals surface area contributed by atoms with Crippen molar-refractivity contribution in [1.29, 1.82) is 0 Å². The summed E-state index contributed by atoms with van der Waals surface area (Å²) in [4.78, 5) is 2.42. The van der Waals surface area contributed by atoms with Gasteiger partial charge in [0.25, 0.3) is 0 Å². The summed E-state index contributed by atoms with van der Waals surface area (Å²) in [6, 6.07) is 66.5. The van der Waals surface area contributed by atoms with E-state index in [9.17, 15) is 0 Å². The maximum Gasteiger partial charge on any atom is 0.0619 e. The molecular formula is C52H36N2S. The van der Waals surface area contributed by atoms with Crippen molar-refractivity contribution in [2.45, 2.75) is 12.3 Å². The van der Waals surface area contributed by atoms with Gasteiger partial charge in [0.2, 0.25) is 0 Å². The van der Waals surface area contributed by atoms with Crippen molar-refractivity contribution >= 4 is 75.5 Å². The van der Waals surface area contributed by atoms with Crippen LogP contribution in [0.4, 0.5) is 11.4 Å². The molecule has 0 saturated heterocycles. The molecule has 0 fully saturated rings. The van der Waals surface area contributed by atoms with E-state index in [1.54, 1.807) is 0 Å². The molecule has 0 radical (unpaired) electrons. The van der Waals surface area contributed by atoms with E-state index in [1.807, 2.05) is 11.3 Å².